The van der Waals surface area contributed by atoms with Crippen molar-refractivity contribution in [2.45, 2.75) is 0 Å². The number of para-hydroxylation sites is 1. The summed E-state index contributed by atoms with van der Waals surface area (Å²) in [6.45, 7) is 3.14. The summed E-state index contributed by atoms with van der Waals surface area (Å²) in [5, 5.41) is 10.8. The number of nitrogens with one attached hydrogen (secondary N) is 1. The normalized spacial score (nSPS) is 13.9. The van der Waals surface area contributed by atoms with Crippen molar-refractivity contribution in [3.8, 4) is 16.3 Å². The fourth-order valence-electron chi connectivity index (χ4n) is 3.93. The summed E-state index contributed by atoms with van der Waals surface area (Å²) in [5.41, 5.74) is 3.75. The molecule has 170 valence electrons. The standard InChI is InChI=1S/C25H21N5O2S2/c31-24(21-16-20(22-7-4-14-33-22)28-30(21)18-5-2-1-3-6-18)26-17-8-9-19-23(15-17)34-25(27-19)29-10-12-32-13-11-29/h1-9,14-16H,10-13H2,(H,26,31). The van der Waals surface area contributed by atoms with E-state index in [0.717, 1.165) is 63.6 Å². The second-order valence-electron chi connectivity index (χ2n) is 7.87. The third-order valence-corrected chi connectivity index (χ3v) is 7.60. The Hall–Kier alpha value is -3.53. The second-order valence-corrected chi connectivity index (χ2v) is 9.83. The number of thiophene rings is 1. The Morgan fingerprint density at radius 3 is 2.65 bits per heavy atom. The van der Waals surface area contributed by atoms with Crippen LogP contribution in [0.5, 0.6) is 0 Å². The zero-order valence-corrected chi connectivity index (χ0v) is 19.8. The monoisotopic (exact) mass is 487 g/mol. The topological polar surface area (TPSA) is 72.3 Å². The number of hydrogen-bond donors (Lipinski definition) is 1. The van der Waals surface area contributed by atoms with Crippen LogP contribution in [0.2, 0.25) is 0 Å². The minimum atomic E-state index is -0.212. The molecule has 34 heavy (non-hydrogen) atoms. The van der Waals surface area contributed by atoms with Gasteiger partial charge < -0.3 is 15.0 Å². The van der Waals surface area contributed by atoms with Crippen molar-refractivity contribution >= 4 is 49.6 Å². The number of ether oxygens (including phenoxy) is 1. The maximum absolute atomic E-state index is 13.4. The lowest BCUT2D eigenvalue weighted by Crippen LogP contribution is -2.36. The van der Waals surface area contributed by atoms with E-state index in [4.69, 9.17) is 14.8 Å². The van der Waals surface area contributed by atoms with Crippen molar-refractivity contribution in [2.75, 3.05) is 36.5 Å². The van der Waals surface area contributed by atoms with Gasteiger partial charge in [-0.25, -0.2) is 9.67 Å². The van der Waals surface area contributed by atoms with E-state index in [2.05, 4.69) is 10.2 Å². The van der Waals surface area contributed by atoms with Crippen molar-refractivity contribution in [3.63, 3.8) is 0 Å². The first-order valence-corrected chi connectivity index (χ1v) is 12.7. The summed E-state index contributed by atoms with van der Waals surface area (Å²) in [6, 6.07) is 21.4. The Labute approximate surface area is 204 Å². The highest BCUT2D eigenvalue weighted by Crippen LogP contribution is 2.32. The predicted molar refractivity (Wildman–Crippen MR) is 137 cm³/mol. The molecule has 4 heterocycles. The SMILES string of the molecule is O=C(Nc1ccc2nc(N3CCOCC3)sc2c1)c1cc(-c2cccs2)nn1-c1ccccc1. The average Bonchev–Trinajstić information content (AvgIpc) is 3.64. The molecule has 0 saturated carbocycles. The lowest BCUT2D eigenvalue weighted by molar-refractivity contribution is 0.101. The molecule has 9 heteroatoms. The molecular formula is C25H21N5O2S2. The third kappa shape index (κ3) is 4.09. The third-order valence-electron chi connectivity index (χ3n) is 5.63. The van der Waals surface area contributed by atoms with Crippen LogP contribution in [0.15, 0.2) is 72.1 Å². The Balaban J connectivity index is 1.30. The van der Waals surface area contributed by atoms with Gasteiger partial charge in [-0.3, -0.25) is 4.79 Å². The Morgan fingerprint density at radius 2 is 1.85 bits per heavy atom. The maximum Gasteiger partial charge on any atom is 0.274 e. The number of benzene rings is 2. The van der Waals surface area contributed by atoms with Crippen molar-refractivity contribution in [1.29, 1.82) is 0 Å². The van der Waals surface area contributed by atoms with Gasteiger partial charge in [0.05, 0.1) is 34.0 Å². The minimum Gasteiger partial charge on any atom is -0.378 e. The number of thiazole rings is 1. The number of fused-ring (bicyclic) bond motifs is 1. The van der Waals surface area contributed by atoms with Crippen LogP contribution in [-0.2, 0) is 4.74 Å². The summed E-state index contributed by atoms with van der Waals surface area (Å²) in [5.74, 6) is -0.212. The van der Waals surface area contributed by atoms with Gasteiger partial charge in [-0.2, -0.15) is 5.10 Å². The molecule has 5 aromatic rings. The molecule has 0 aliphatic carbocycles. The zero-order valence-electron chi connectivity index (χ0n) is 18.2. The number of rotatable bonds is 5. The summed E-state index contributed by atoms with van der Waals surface area (Å²) >= 11 is 3.23. The molecule has 1 aliphatic rings. The van der Waals surface area contributed by atoms with E-state index in [1.807, 2.05) is 72.1 Å². The van der Waals surface area contributed by atoms with Crippen LogP contribution in [-0.4, -0.2) is 47.0 Å². The number of hydrogen-bond acceptors (Lipinski definition) is 7. The molecule has 1 amide bonds. The van der Waals surface area contributed by atoms with Gasteiger partial charge in [0.1, 0.15) is 11.4 Å². The molecule has 0 unspecified atom stereocenters. The number of anilines is 2. The van der Waals surface area contributed by atoms with Gasteiger partial charge in [0.15, 0.2) is 5.13 Å². The number of nitrogens with zero attached hydrogens (tertiary/aromatic N) is 4. The van der Waals surface area contributed by atoms with Crippen LogP contribution in [0.25, 0.3) is 26.5 Å². The van der Waals surface area contributed by atoms with Gasteiger partial charge in [-0.15, -0.1) is 11.3 Å². The predicted octanol–water partition coefficient (Wildman–Crippen LogP) is 5.30. The molecule has 1 aliphatic heterocycles. The molecule has 6 rings (SSSR count). The number of carbonyl (C=O) groups is 1. The first kappa shape index (κ1) is 21.0. The molecule has 0 radical (unpaired) electrons. The van der Waals surface area contributed by atoms with Gasteiger partial charge in [-0.05, 0) is 47.8 Å². The molecule has 0 spiro atoms. The number of carbonyl (C=O) groups excluding carboxylic acids is 1. The van der Waals surface area contributed by atoms with Crippen molar-refractivity contribution in [2.24, 2.45) is 0 Å². The quantitative estimate of drug-likeness (QED) is 0.364. The first-order chi connectivity index (χ1) is 16.7. The van der Waals surface area contributed by atoms with Crippen LogP contribution in [0.4, 0.5) is 10.8 Å². The second kappa shape index (κ2) is 9.02. The minimum absolute atomic E-state index is 0.212. The van der Waals surface area contributed by atoms with Crippen LogP contribution in [0.3, 0.4) is 0 Å². The van der Waals surface area contributed by atoms with E-state index < -0.39 is 0 Å². The fraction of sp³-hybridized carbons (Fsp3) is 0.160. The lowest BCUT2D eigenvalue weighted by atomic mass is 10.2. The van der Waals surface area contributed by atoms with E-state index in [-0.39, 0.29) is 5.91 Å². The fourth-order valence-corrected chi connectivity index (χ4v) is 5.67. The van der Waals surface area contributed by atoms with Gasteiger partial charge in [0.25, 0.3) is 5.91 Å². The van der Waals surface area contributed by atoms with E-state index in [1.165, 1.54) is 0 Å². The highest BCUT2D eigenvalue weighted by Gasteiger charge is 2.19. The van der Waals surface area contributed by atoms with Crippen molar-refractivity contribution in [3.05, 3.63) is 77.8 Å². The van der Waals surface area contributed by atoms with Gasteiger partial charge in [0.2, 0.25) is 0 Å². The Morgan fingerprint density at radius 1 is 1.00 bits per heavy atom. The van der Waals surface area contributed by atoms with Crippen molar-refractivity contribution < 1.29 is 9.53 Å². The molecule has 0 atom stereocenters. The molecule has 2 aromatic carbocycles. The van der Waals surface area contributed by atoms with Crippen LogP contribution < -0.4 is 10.2 Å². The summed E-state index contributed by atoms with van der Waals surface area (Å²) in [6.07, 6.45) is 0. The van der Waals surface area contributed by atoms with E-state index >= 15 is 0 Å². The Kier molecular flexibility index (Phi) is 5.58. The van der Waals surface area contributed by atoms with Gasteiger partial charge in [-0.1, -0.05) is 35.6 Å². The molecule has 0 bridgehead atoms. The van der Waals surface area contributed by atoms with E-state index in [1.54, 1.807) is 27.4 Å². The average molecular weight is 488 g/mol. The molecule has 3 aromatic heterocycles. The van der Waals surface area contributed by atoms with Crippen LogP contribution in [0, 0.1) is 0 Å². The molecule has 1 fully saturated rings. The molecule has 1 N–H and O–H groups in total. The first-order valence-electron chi connectivity index (χ1n) is 11.0. The van der Waals surface area contributed by atoms with Gasteiger partial charge in [0, 0.05) is 18.8 Å². The van der Waals surface area contributed by atoms with E-state index in [9.17, 15) is 4.79 Å². The summed E-state index contributed by atoms with van der Waals surface area (Å²) < 4.78 is 8.19. The van der Waals surface area contributed by atoms with Gasteiger partial charge >= 0.3 is 0 Å². The highest BCUT2D eigenvalue weighted by molar-refractivity contribution is 7.22. The molecule has 7 nitrogen and oxygen atoms in total. The molecule has 1 saturated heterocycles. The summed E-state index contributed by atoms with van der Waals surface area (Å²) in [7, 11) is 0. The smallest absolute Gasteiger partial charge is 0.274 e. The highest BCUT2D eigenvalue weighted by atomic mass is 32.1. The zero-order chi connectivity index (χ0) is 22.9. The Bertz CT molecular complexity index is 1440. The molecular weight excluding hydrogens is 466 g/mol. The van der Waals surface area contributed by atoms with Crippen LogP contribution >= 0.6 is 22.7 Å². The van der Waals surface area contributed by atoms with Crippen LogP contribution in [0.1, 0.15) is 10.5 Å². The summed E-state index contributed by atoms with van der Waals surface area (Å²) in [4.78, 5) is 21.4. The number of morpholine rings is 1. The number of aromatic nitrogens is 3. The maximum atomic E-state index is 13.4. The lowest BCUT2D eigenvalue weighted by Gasteiger charge is -2.25. The van der Waals surface area contributed by atoms with E-state index in [0.29, 0.717) is 5.69 Å². The van der Waals surface area contributed by atoms with Crippen molar-refractivity contribution in [1.82, 2.24) is 14.8 Å². The number of amides is 1. The largest absolute Gasteiger partial charge is 0.378 e.